The predicted molar refractivity (Wildman–Crippen MR) is 93.3 cm³/mol. The first kappa shape index (κ1) is 15.6. The van der Waals surface area contributed by atoms with Gasteiger partial charge < -0.3 is 9.88 Å². The van der Waals surface area contributed by atoms with Gasteiger partial charge in [-0.1, -0.05) is 29.3 Å². The number of halogens is 2. The van der Waals surface area contributed by atoms with Crippen LogP contribution in [0, 0.1) is 0 Å². The fraction of sp³-hybridized carbons (Fsp3) is 0.0588. The molecular weight excluding hydrogens is 335 g/mol. The molecule has 0 aliphatic heterocycles. The normalized spacial score (nSPS) is 10.7. The van der Waals surface area contributed by atoms with Gasteiger partial charge in [0, 0.05) is 33.4 Å². The highest BCUT2D eigenvalue weighted by Crippen LogP contribution is 2.17. The van der Waals surface area contributed by atoms with E-state index < -0.39 is 0 Å². The quantitative estimate of drug-likeness (QED) is 0.780. The average molecular weight is 347 g/mol. The summed E-state index contributed by atoms with van der Waals surface area (Å²) in [6.07, 6.45) is 1.59. The Morgan fingerprint density at radius 3 is 2.61 bits per heavy atom. The maximum Gasteiger partial charge on any atom is 0.244 e. The summed E-state index contributed by atoms with van der Waals surface area (Å²) in [5, 5.41) is 4.29. The van der Waals surface area contributed by atoms with Gasteiger partial charge in [0.15, 0.2) is 5.43 Å². The Bertz CT molecular complexity index is 951. The van der Waals surface area contributed by atoms with Crippen molar-refractivity contribution in [3.63, 3.8) is 0 Å². The molecule has 0 aliphatic carbocycles. The van der Waals surface area contributed by atoms with Crippen LogP contribution in [-0.2, 0) is 11.3 Å². The number of aromatic nitrogens is 1. The zero-order valence-corrected chi connectivity index (χ0v) is 13.4. The lowest BCUT2D eigenvalue weighted by molar-refractivity contribution is -0.116. The summed E-state index contributed by atoms with van der Waals surface area (Å²) in [6, 6.07) is 13.4. The lowest BCUT2D eigenvalue weighted by Gasteiger charge is -2.11. The Morgan fingerprint density at radius 2 is 1.83 bits per heavy atom. The molecule has 116 valence electrons. The average Bonchev–Trinajstić information content (AvgIpc) is 2.50. The van der Waals surface area contributed by atoms with Gasteiger partial charge in [-0.2, -0.15) is 0 Å². The smallest absolute Gasteiger partial charge is 0.244 e. The number of nitrogens with one attached hydrogen (secondary N) is 1. The minimum atomic E-state index is -0.216. The molecule has 1 heterocycles. The third kappa shape index (κ3) is 3.55. The van der Waals surface area contributed by atoms with E-state index in [2.05, 4.69) is 5.32 Å². The first-order chi connectivity index (χ1) is 11.0. The molecule has 1 amide bonds. The highest BCUT2D eigenvalue weighted by molar-refractivity contribution is 6.31. The van der Waals surface area contributed by atoms with Crippen LogP contribution < -0.4 is 10.7 Å². The zero-order valence-electron chi connectivity index (χ0n) is 11.9. The Balaban J connectivity index is 1.88. The molecule has 3 rings (SSSR count). The van der Waals surface area contributed by atoms with Crippen LogP contribution >= 0.6 is 23.2 Å². The minimum Gasteiger partial charge on any atom is -0.338 e. The third-order valence-corrected chi connectivity index (χ3v) is 3.83. The van der Waals surface area contributed by atoms with E-state index in [0.717, 1.165) is 0 Å². The first-order valence-electron chi connectivity index (χ1n) is 6.87. The molecule has 6 heteroatoms. The fourth-order valence-corrected chi connectivity index (χ4v) is 2.71. The molecule has 4 nitrogen and oxygen atoms in total. The number of rotatable bonds is 3. The highest BCUT2D eigenvalue weighted by atomic mass is 35.5. The van der Waals surface area contributed by atoms with E-state index in [0.29, 0.717) is 26.6 Å². The van der Waals surface area contributed by atoms with Crippen molar-refractivity contribution in [3.05, 3.63) is 75.0 Å². The lowest BCUT2D eigenvalue weighted by atomic mass is 10.2. The Kier molecular flexibility index (Phi) is 4.37. The molecule has 2 aromatic carbocycles. The number of carbonyl (C=O) groups excluding carboxylic acids is 1. The van der Waals surface area contributed by atoms with Crippen LogP contribution in [0.25, 0.3) is 10.9 Å². The molecule has 1 N–H and O–H groups in total. The number of hydrogen-bond acceptors (Lipinski definition) is 2. The van der Waals surface area contributed by atoms with Gasteiger partial charge in [-0.15, -0.1) is 0 Å². The number of amides is 1. The van der Waals surface area contributed by atoms with Gasteiger partial charge in [-0.25, -0.2) is 0 Å². The molecular formula is C17H12Cl2N2O2. The molecule has 23 heavy (non-hydrogen) atoms. The Morgan fingerprint density at radius 1 is 1.04 bits per heavy atom. The maximum atomic E-state index is 12.2. The van der Waals surface area contributed by atoms with E-state index in [1.807, 2.05) is 0 Å². The summed E-state index contributed by atoms with van der Waals surface area (Å²) in [4.78, 5) is 24.1. The van der Waals surface area contributed by atoms with Crippen LogP contribution in [0.5, 0.6) is 0 Å². The van der Waals surface area contributed by atoms with E-state index in [9.17, 15) is 9.59 Å². The molecule has 3 aromatic rings. The fourth-order valence-electron chi connectivity index (χ4n) is 2.34. The first-order valence-corrected chi connectivity index (χ1v) is 7.63. The van der Waals surface area contributed by atoms with Crippen LogP contribution in [0.1, 0.15) is 0 Å². The number of hydrogen-bond donors (Lipinski definition) is 1. The standard InChI is InChI=1S/C17H12Cl2N2O2/c18-11-2-1-3-13(8-11)20-17(23)10-21-7-6-16(22)14-9-12(19)4-5-15(14)21/h1-9H,10H2,(H,20,23). The van der Waals surface area contributed by atoms with Gasteiger partial charge in [-0.3, -0.25) is 9.59 Å². The van der Waals surface area contributed by atoms with Crippen molar-refractivity contribution in [2.75, 3.05) is 5.32 Å². The van der Waals surface area contributed by atoms with Crippen molar-refractivity contribution in [2.45, 2.75) is 6.54 Å². The van der Waals surface area contributed by atoms with E-state index in [1.54, 1.807) is 53.2 Å². The van der Waals surface area contributed by atoms with Crippen molar-refractivity contribution in [1.29, 1.82) is 0 Å². The van der Waals surface area contributed by atoms with E-state index >= 15 is 0 Å². The summed E-state index contributed by atoms with van der Waals surface area (Å²) >= 11 is 11.8. The largest absolute Gasteiger partial charge is 0.338 e. The molecule has 0 atom stereocenters. The van der Waals surface area contributed by atoms with Crippen LogP contribution in [-0.4, -0.2) is 10.5 Å². The van der Waals surface area contributed by atoms with Gasteiger partial charge in [-0.05, 0) is 36.4 Å². The van der Waals surface area contributed by atoms with Crippen LogP contribution in [0.3, 0.4) is 0 Å². The number of benzene rings is 2. The monoisotopic (exact) mass is 346 g/mol. The van der Waals surface area contributed by atoms with Gasteiger partial charge in [0.2, 0.25) is 5.91 Å². The van der Waals surface area contributed by atoms with Crippen molar-refractivity contribution >= 4 is 45.7 Å². The molecule has 0 saturated carbocycles. The number of fused-ring (bicyclic) bond motifs is 1. The van der Waals surface area contributed by atoms with Gasteiger partial charge in [0.1, 0.15) is 6.54 Å². The van der Waals surface area contributed by atoms with Crippen molar-refractivity contribution in [2.24, 2.45) is 0 Å². The van der Waals surface area contributed by atoms with Crippen LogP contribution in [0.2, 0.25) is 10.0 Å². The molecule has 1 aromatic heterocycles. The second-order valence-electron chi connectivity index (χ2n) is 5.03. The van der Waals surface area contributed by atoms with Crippen molar-refractivity contribution in [1.82, 2.24) is 4.57 Å². The van der Waals surface area contributed by atoms with Gasteiger partial charge >= 0.3 is 0 Å². The van der Waals surface area contributed by atoms with E-state index in [-0.39, 0.29) is 17.9 Å². The highest BCUT2D eigenvalue weighted by Gasteiger charge is 2.08. The second kappa shape index (κ2) is 6.44. The summed E-state index contributed by atoms with van der Waals surface area (Å²) < 4.78 is 1.70. The van der Waals surface area contributed by atoms with Gasteiger partial charge in [0.25, 0.3) is 0 Å². The molecule has 0 saturated heterocycles. The third-order valence-electron chi connectivity index (χ3n) is 3.36. The zero-order chi connectivity index (χ0) is 16.4. The maximum absolute atomic E-state index is 12.2. The molecule has 0 unspecified atom stereocenters. The Labute approximate surface area is 142 Å². The minimum absolute atomic E-state index is 0.0743. The lowest BCUT2D eigenvalue weighted by Crippen LogP contribution is -2.20. The number of pyridine rings is 1. The van der Waals surface area contributed by atoms with Crippen molar-refractivity contribution in [3.8, 4) is 0 Å². The number of carbonyl (C=O) groups is 1. The van der Waals surface area contributed by atoms with Crippen molar-refractivity contribution < 1.29 is 4.79 Å². The molecule has 0 radical (unpaired) electrons. The number of nitrogens with zero attached hydrogens (tertiary/aromatic N) is 1. The topological polar surface area (TPSA) is 51.1 Å². The van der Waals surface area contributed by atoms with E-state index in [1.165, 1.54) is 6.07 Å². The molecule has 0 fully saturated rings. The van der Waals surface area contributed by atoms with E-state index in [4.69, 9.17) is 23.2 Å². The predicted octanol–water partition coefficient (Wildman–Crippen LogP) is 3.95. The summed E-state index contributed by atoms with van der Waals surface area (Å²) in [7, 11) is 0. The SMILES string of the molecule is O=C(Cn1ccc(=O)c2cc(Cl)ccc21)Nc1cccc(Cl)c1. The summed E-state index contributed by atoms with van der Waals surface area (Å²) in [5.74, 6) is -0.216. The van der Waals surface area contributed by atoms with Gasteiger partial charge in [0.05, 0.1) is 5.52 Å². The summed E-state index contributed by atoms with van der Waals surface area (Å²) in [5.41, 5.74) is 1.15. The molecule has 0 bridgehead atoms. The Hall–Kier alpha value is -2.30. The second-order valence-corrected chi connectivity index (χ2v) is 5.90. The summed E-state index contributed by atoms with van der Waals surface area (Å²) in [6.45, 7) is 0.0743. The number of anilines is 1. The molecule has 0 spiro atoms. The van der Waals surface area contributed by atoms with Crippen LogP contribution in [0.15, 0.2) is 59.5 Å². The van der Waals surface area contributed by atoms with Crippen LogP contribution in [0.4, 0.5) is 5.69 Å². The molecule has 0 aliphatic rings.